The second-order valence-corrected chi connectivity index (χ2v) is 7.62. The smallest absolute Gasteiger partial charge is 0.270 e. The third-order valence-corrected chi connectivity index (χ3v) is 5.38. The number of non-ortho nitro benzene ring substituents is 1. The van der Waals surface area contributed by atoms with E-state index >= 15 is 0 Å². The minimum absolute atomic E-state index is 0.0762. The van der Waals surface area contributed by atoms with Crippen molar-refractivity contribution in [3.05, 3.63) is 117 Å². The molecule has 0 amide bonds. The summed E-state index contributed by atoms with van der Waals surface area (Å²) in [6, 6.07) is 24.4. The molecule has 0 aliphatic carbocycles. The van der Waals surface area contributed by atoms with Crippen LogP contribution in [0.1, 0.15) is 11.4 Å². The Morgan fingerprint density at radius 1 is 1.06 bits per heavy atom. The quantitative estimate of drug-likeness (QED) is 0.229. The zero-order chi connectivity index (χ0) is 24.4. The number of nitrogens with one attached hydrogen (secondary N) is 1. The molecule has 2 aromatic heterocycles. The van der Waals surface area contributed by atoms with Gasteiger partial charge in [-0.25, -0.2) is 9.67 Å². The summed E-state index contributed by atoms with van der Waals surface area (Å²) in [6.07, 6.45) is 3.29. The Hall–Kier alpha value is -5.36. The molecular weight excluding hydrogens is 444 g/mol. The van der Waals surface area contributed by atoms with E-state index in [4.69, 9.17) is 0 Å². The number of benzene rings is 3. The normalized spacial score (nSPS) is 11.3. The highest BCUT2D eigenvalue weighted by Crippen LogP contribution is 2.29. The minimum Gasteiger partial charge on any atom is -0.305 e. The standard InChI is InChI=1S/C26H16N6O3/c27-15-18(25-28-23-12-5-4-11-22(23)26(33)29-25)13-19-16-31(20-8-2-1-3-9-20)30-24(19)17-7-6-10-21(14-17)32(34)35/h1-14,16H,(H,28,29,33)/b18-13+. The van der Waals surface area contributed by atoms with Crippen LogP contribution in [-0.2, 0) is 0 Å². The molecule has 5 rings (SSSR count). The molecule has 9 heteroatoms. The van der Waals surface area contributed by atoms with Crippen molar-refractivity contribution in [2.75, 3.05) is 0 Å². The van der Waals surface area contributed by atoms with Gasteiger partial charge in [0.25, 0.3) is 11.2 Å². The van der Waals surface area contributed by atoms with Gasteiger partial charge in [0.15, 0.2) is 5.82 Å². The summed E-state index contributed by atoms with van der Waals surface area (Å²) in [7, 11) is 0. The molecule has 0 bridgehead atoms. The lowest BCUT2D eigenvalue weighted by Gasteiger charge is -2.03. The van der Waals surface area contributed by atoms with Gasteiger partial charge in [0.2, 0.25) is 0 Å². The van der Waals surface area contributed by atoms with E-state index in [0.29, 0.717) is 27.7 Å². The highest BCUT2D eigenvalue weighted by atomic mass is 16.6. The van der Waals surface area contributed by atoms with Crippen molar-refractivity contribution in [2.45, 2.75) is 0 Å². The predicted octanol–water partition coefficient (Wildman–Crippen LogP) is 4.75. The van der Waals surface area contributed by atoms with Crippen molar-refractivity contribution in [3.8, 4) is 23.0 Å². The highest BCUT2D eigenvalue weighted by molar-refractivity contribution is 5.91. The topological polar surface area (TPSA) is 130 Å². The summed E-state index contributed by atoms with van der Waals surface area (Å²) in [4.78, 5) is 30.5. The highest BCUT2D eigenvalue weighted by Gasteiger charge is 2.16. The lowest BCUT2D eigenvalue weighted by molar-refractivity contribution is -0.384. The van der Waals surface area contributed by atoms with Crippen molar-refractivity contribution in [3.63, 3.8) is 0 Å². The second-order valence-electron chi connectivity index (χ2n) is 7.62. The SMILES string of the molecule is N#C/C(=C\c1cn(-c2ccccc2)nc1-c1cccc([N+](=O)[O-])c1)c1nc2ccccc2c(=O)[nH]1. The van der Waals surface area contributed by atoms with Gasteiger partial charge in [0.1, 0.15) is 11.8 Å². The molecule has 3 aromatic carbocycles. The maximum absolute atomic E-state index is 12.5. The molecule has 0 aliphatic rings. The van der Waals surface area contributed by atoms with Crippen LogP contribution in [0.15, 0.2) is 89.9 Å². The Morgan fingerprint density at radius 2 is 1.83 bits per heavy atom. The van der Waals surface area contributed by atoms with Gasteiger partial charge in [0.05, 0.1) is 27.1 Å². The van der Waals surface area contributed by atoms with Gasteiger partial charge in [0, 0.05) is 29.5 Å². The zero-order valence-electron chi connectivity index (χ0n) is 18.1. The van der Waals surface area contributed by atoms with Crippen LogP contribution in [0.3, 0.4) is 0 Å². The first-order valence-electron chi connectivity index (χ1n) is 10.5. The summed E-state index contributed by atoms with van der Waals surface area (Å²) >= 11 is 0. The first-order chi connectivity index (χ1) is 17.0. The van der Waals surface area contributed by atoms with E-state index in [-0.39, 0.29) is 22.6 Å². The fourth-order valence-corrected chi connectivity index (χ4v) is 3.72. The molecule has 0 saturated heterocycles. The molecule has 35 heavy (non-hydrogen) atoms. The van der Waals surface area contributed by atoms with Crippen LogP contribution in [0.2, 0.25) is 0 Å². The lowest BCUT2D eigenvalue weighted by atomic mass is 10.1. The number of H-pyrrole nitrogens is 1. The zero-order valence-corrected chi connectivity index (χ0v) is 18.1. The van der Waals surface area contributed by atoms with Crippen LogP contribution in [0, 0.1) is 21.4 Å². The maximum Gasteiger partial charge on any atom is 0.270 e. The van der Waals surface area contributed by atoms with Crippen LogP contribution in [0.5, 0.6) is 0 Å². The van der Waals surface area contributed by atoms with E-state index in [0.717, 1.165) is 5.69 Å². The molecule has 0 radical (unpaired) electrons. The Labute approximate surface area is 198 Å². The molecule has 0 atom stereocenters. The average molecular weight is 460 g/mol. The molecule has 2 heterocycles. The number of para-hydroxylation sites is 2. The van der Waals surface area contributed by atoms with Crippen molar-refractivity contribution in [1.29, 1.82) is 5.26 Å². The molecule has 0 aliphatic heterocycles. The molecule has 0 unspecified atom stereocenters. The number of nitro benzene ring substituents is 1. The number of nitro groups is 1. The van der Waals surface area contributed by atoms with Crippen molar-refractivity contribution >= 4 is 28.2 Å². The van der Waals surface area contributed by atoms with E-state index < -0.39 is 4.92 Å². The third kappa shape index (κ3) is 4.19. The van der Waals surface area contributed by atoms with E-state index in [1.54, 1.807) is 53.4 Å². The fourth-order valence-electron chi connectivity index (χ4n) is 3.72. The number of aromatic amines is 1. The summed E-state index contributed by atoms with van der Waals surface area (Å²) in [5.74, 6) is 0.119. The summed E-state index contributed by atoms with van der Waals surface area (Å²) < 4.78 is 1.63. The minimum atomic E-state index is -0.475. The van der Waals surface area contributed by atoms with E-state index in [1.165, 1.54) is 12.1 Å². The predicted molar refractivity (Wildman–Crippen MR) is 132 cm³/mol. The van der Waals surface area contributed by atoms with Gasteiger partial charge in [-0.15, -0.1) is 0 Å². The Kier molecular flexibility index (Phi) is 5.45. The Balaban J connectivity index is 1.70. The molecule has 0 saturated carbocycles. The van der Waals surface area contributed by atoms with Crippen LogP contribution >= 0.6 is 0 Å². The number of fused-ring (bicyclic) bond motifs is 1. The van der Waals surface area contributed by atoms with E-state index in [9.17, 15) is 20.2 Å². The summed E-state index contributed by atoms with van der Waals surface area (Å²) in [5.41, 5.74) is 2.40. The molecular formula is C26H16N6O3. The van der Waals surface area contributed by atoms with E-state index in [1.807, 2.05) is 30.3 Å². The third-order valence-electron chi connectivity index (χ3n) is 5.38. The number of nitrogens with zero attached hydrogens (tertiary/aromatic N) is 5. The molecule has 0 fully saturated rings. The molecule has 1 N–H and O–H groups in total. The van der Waals surface area contributed by atoms with Gasteiger partial charge in [-0.3, -0.25) is 14.9 Å². The number of hydrogen-bond donors (Lipinski definition) is 1. The number of hydrogen-bond acceptors (Lipinski definition) is 6. The average Bonchev–Trinajstić information content (AvgIpc) is 3.32. The van der Waals surface area contributed by atoms with Crippen LogP contribution in [0.4, 0.5) is 5.69 Å². The fraction of sp³-hybridized carbons (Fsp3) is 0. The molecule has 168 valence electrons. The van der Waals surface area contributed by atoms with Crippen LogP contribution < -0.4 is 5.56 Å². The molecule has 0 spiro atoms. The summed E-state index contributed by atoms with van der Waals surface area (Å²) in [6.45, 7) is 0. The lowest BCUT2D eigenvalue weighted by Crippen LogP contribution is -2.11. The first kappa shape index (κ1) is 21.5. The number of aromatic nitrogens is 4. The molecule has 5 aromatic rings. The van der Waals surface area contributed by atoms with Gasteiger partial charge >= 0.3 is 0 Å². The van der Waals surface area contributed by atoms with Gasteiger partial charge in [-0.1, -0.05) is 42.5 Å². The first-order valence-corrected chi connectivity index (χ1v) is 10.5. The Morgan fingerprint density at radius 3 is 2.60 bits per heavy atom. The summed E-state index contributed by atoms with van der Waals surface area (Å²) in [5, 5.41) is 26.3. The maximum atomic E-state index is 12.5. The monoisotopic (exact) mass is 460 g/mol. The van der Waals surface area contributed by atoms with Crippen molar-refractivity contribution < 1.29 is 4.92 Å². The van der Waals surface area contributed by atoms with Gasteiger partial charge < -0.3 is 4.98 Å². The number of nitriles is 1. The Bertz CT molecular complexity index is 1710. The van der Waals surface area contributed by atoms with Crippen molar-refractivity contribution in [1.82, 2.24) is 19.7 Å². The van der Waals surface area contributed by atoms with Crippen LogP contribution in [-0.4, -0.2) is 24.7 Å². The number of allylic oxidation sites excluding steroid dienone is 1. The van der Waals surface area contributed by atoms with Crippen LogP contribution in [0.25, 0.3) is 39.5 Å². The van der Waals surface area contributed by atoms with Crippen molar-refractivity contribution in [2.24, 2.45) is 0 Å². The molecule has 9 nitrogen and oxygen atoms in total. The largest absolute Gasteiger partial charge is 0.305 e. The van der Waals surface area contributed by atoms with Gasteiger partial charge in [-0.05, 0) is 30.3 Å². The number of rotatable bonds is 5. The second kappa shape index (κ2) is 8.88. The van der Waals surface area contributed by atoms with E-state index in [2.05, 4.69) is 21.1 Å². The van der Waals surface area contributed by atoms with Gasteiger partial charge in [-0.2, -0.15) is 10.4 Å².